The van der Waals surface area contributed by atoms with Gasteiger partial charge in [-0.25, -0.2) is 4.39 Å². The van der Waals surface area contributed by atoms with Crippen molar-refractivity contribution in [3.05, 3.63) is 34.1 Å². The minimum Gasteiger partial charge on any atom is -0.333 e. The van der Waals surface area contributed by atoms with E-state index in [0.717, 1.165) is 36.2 Å². The van der Waals surface area contributed by atoms with Gasteiger partial charge in [0.15, 0.2) is 5.17 Å². The molecule has 7 nitrogen and oxygen atoms in total. The van der Waals surface area contributed by atoms with Crippen molar-refractivity contribution in [2.75, 3.05) is 17.7 Å². The Balaban J connectivity index is 1.88. The van der Waals surface area contributed by atoms with Crippen molar-refractivity contribution in [3.63, 3.8) is 0 Å². The van der Waals surface area contributed by atoms with E-state index in [0.29, 0.717) is 11.8 Å². The van der Waals surface area contributed by atoms with Gasteiger partial charge in [0, 0.05) is 31.9 Å². The van der Waals surface area contributed by atoms with Gasteiger partial charge in [0.1, 0.15) is 12.0 Å². The van der Waals surface area contributed by atoms with E-state index in [2.05, 4.69) is 0 Å². The summed E-state index contributed by atoms with van der Waals surface area (Å²) in [6, 6.07) is 3.54. The molecule has 0 radical (unpaired) electrons. The number of anilines is 1. The zero-order valence-electron chi connectivity index (χ0n) is 15.4. The number of halogens is 1. The molecule has 1 aliphatic heterocycles. The first-order valence-corrected chi connectivity index (χ1v) is 10.0. The summed E-state index contributed by atoms with van der Waals surface area (Å²) in [4.78, 5) is 30.8. The summed E-state index contributed by atoms with van der Waals surface area (Å²) in [5.41, 5.74) is -0.324. The normalized spacial score (nSPS) is 22.3. The number of carbonyl (C=O) groups excluding carboxylic acids is 1. The first-order valence-electron chi connectivity index (χ1n) is 9.05. The van der Waals surface area contributed by atoms with Crippen LogP contribution in [-0.2, 0) is 4.79 Å². The fourth-order valence-corrected chi connectivity index (χ4v) is 4.79. The molecule has 1 atom stereocenters. The molecular formula is C18H23FN4O3S. The minimum absolute atomic E-state index is 0.0759. The van der Waals surface area contributed by atoms with Crippen LogP contribution in [0.3, 0.4) is 0 Å². The van der Waals surface area contributed by atoms with Gasteiger partial charge in [-0.15, -0.1) is 0 Å². The van der Waals surface area contributed by atoms with Crippen LogP contribution in [-0.4, -0.2) is 45.9 Å². The number of amides is 1. The Labute approximate surface area is 161 Å². The molecular weight excluding hydrogens is 371 g/mol. The van der Waals surface area contributed by atoms with Crippen LogP contribution >= 0.6 is 11.8 Å². The van der Waals surface area contributed by atoms with E-state index in [-0.39, 0.29) is 17.3 Å². The number of nitrogens with zero attached hydrogens (tertiary/aromatic N) is 4. The third-order valence-electron chi connectivity index (χ3n) is 5.02. The maximum atomic E-state index is 14.4. The summed E-state index contributed by atoms with van der Waals surface area (Å²) < 4.78 is 14.4. The molecule has 3 rings (SSSR count). The molecule has 1 aliphatic carbocycles. The summed E-state index contributed by atoms with van der Waals surface area (Å²) in [6.07, 6.45) is 5.30. The molecule has 1 aromatic rings. The Hall–Kier alpha value is -2.16. The highest BCUT2D eigenvalue weighted by Crippen LogP contribution is 2.33. The molecule has 1 aromatic carbocycles. The average molecular weight is 394 g/mol. The molecule has 2 fully saturated rings. The third kappa shape index (κ3) is 4.23. The number of nitro benzene ring substituents is 1. The van der Waals surface area contributed by atoms with Crippen molar-refractivity contribution in [3.8, 4) is 0 Å². The van der Waals surface area contributed by atoms with Crippen molar-refractivity contribution in [1.29, 1.82) is 0 Å². The topological polar surface area (TPSA) is 79.0 Å². The first kappa shape index (κ1) is 19.6. The zero-order chi connectivity index (χ0) is 19.6. The van der Waals surface area contributed by atoms with E-state index in [1.165, 1.54) is 42.8 Å². The fourth-order valence-electron chi connectivity index (χ4n) is 3.57. The number of non-ortho nitro benzene ring substituents is 1. The predicted molar refractivity (Wildman–Crippen MR) is 105 cm³/mol. The van der Waals surface area contributed by atoms with Gasteiger partial charge in [-0.3, -0.25) is 24.8 Å². The number of aliphatic imine (C=N–C) groups is 1. The van der Waals surface area contributed by atoms with E-state index in [9.17, 15) is 19.3 Å². The highest BCUT2D eigenvalue weighted by Gasteiger charge is 2.36. The van der Waals surface area contributed by atoms with Crippen LogP contribution in [0.4, 0.5) is 15.8 Å². The van der Waals surface area contributed by atoms with Gasteiger partial charge in [0.25, 0.3) is 5.69 Å². The highest BCUT2D eigenvalue weighted by atomic mass is 32.2. The molecule has 1 saturated carbocycles. The summed E-state index contributed by atoms with van der Waals surface area (Å²) in [5.74, 6) is -0.498. The van der Waals surface area contributed by atoms with Gasteiger partial charge >= 0.3 is 0 Å². The quantitative estimate of drug-likeness (QED) is 0.574. The molecule has 0 aromatic heterocycles. The summed E-state index contributed by atoms with van der Waals surface area (Å²) in [6.45, 7) is 1.34. The Morgan fingerprint density at radius 2 is 2.07 bits per heavy atom. The Morgan fingerprint density at radius 1 is 1.37 bits per heavy atom. The van der Waals surface area contributed by atoms with Crippen LogP contribution in [0.1, 0.15) is 39.0 Å². The van der Waals surface area contributed by atoms with Crippen molar-refractivity contribution in [1.82, 2.24) is 4.90 Å². The Morgan fingerprint density at radius 3 is 2.70 bits per heavy atom. The molecule has 1 amide bonds. The molecule has 0 bridgehead atoms. The van der Waals surface area contributed by atoms with E-state index in [4.69, 9.17) is 4.99 Å². The number of thioether (sulfide) groups is 1. The van der Waals surface area contributed by atoms with Crippen LogP contribution in [0.25, 0.3) is 0 Å². The molecule has 1 saturated heterocycles. The summed E-state index contributed by atoms with van der Waals surface area (Å²) in [7, 11) is 1.83. The lowest BCUT2D eigenvalue weighted by molar-refractivity contribution is -0.384. The molecule has 27 heavy (non-hydrogen) atoms. The second-order valence-corrected chi connectivity index (χ2v) is 7.88. The number of carbonyl (C=O) groups is 1. The molecule has 2 aliphatic rings. The Kier molecular flexibility index (Phi) is 5.98. The van der Waals surface area contributed by atoms with Crippen LogP contribution in [0.5, 0.6) is 0 Å². The van der Waals surface area contributed by atoms with E-state index in [1.807, 2.05) is 11.9 Å². The molecule has 1 unspecified atom stereocenters. The van der Waals surface area contributed by atoms with Gasteiger partial charge < -0.3 is 4.90 Å². The maximum absolute atomic E-state index is 14.4. The lowest BCUT2D eigenvalue weighted by Gasteiger charge is -2.33. The largest absolute Gasteiger partial charge is 0.333 e. The average Bonchev–Trinajstić information content (AvgIpc) is 2.98. The van der Waals surface area contributed by atoms with Crippen LogP contribution in [0, 0.1) is 15.9 Å². The van der Waals surface area contributed by atoms with Gasteiger partial charge in [0.05, 0.1) is 16.7 Å². The van der Waals surface area contributed by atoms with Crippen molar-refractivity contribution < 1.29 is 14.1 Å². The first-order chi connectivity index (χ1) is 12.9. The minimum atomic E-state index is -0.660. The number of benzene rings is 1. The summed E-state index contributed by atoms with van der Waals surface area (Å²) >= 11 is 1.53. The number of nitro groups is 1. The van der Waals surface area contributed by atoms with Gasteiger partial charge in [-0.05, 0) is 18.9 Å². The monoisotopic (exact) mass is 394 g/mol. The summed E-state index contributed by atoms with van der Waals surface area (Å²) in [5, 5.41) is 11.9. The van der Waals surface area contributed by atoms with Gasteiger partial charge in [-0.1, -0.05) is 31.0 Å². The van der Waals surface area contributed by atoms with Gasteiger partial charge in [0.2, 0.25) is 5.91 Å². The van der Waals surface area contributed by atoms with Gasteiger partial charge in [-0.2, -0.15) is 0 Å². The number of hydrogen-bond donors (Lipinski definition) is 0. The maximum Gasteiger partial charge on any atom is 0.271 e. The molecule has 9 heteroatoms. The highest BCUT2D eigenvalue weighted by molar-refractivity contribution is 8.14. The lowest BCUT2D eigenvalue weighted by Crippen LogP contribution is -2.48. The smallest absolute Gasteiger partial charge is 0.271 e. The SMILES string of the molecule is CC(=O)N(c1cc([N+](=O)[O-])ccc1F)C1CSC(=NC2CCCCC2)N1C. The number of amidine groups is 1. The van der Waals surface area contributed by atoms with Crippen LogP contribution in [0.15, 0.2) is 23.2 Å². The lowest BCUT2D eigenvalue weighted by atomic mass is 9.96. The molecule has 1 heterocycles. The van der Waals surface area contributed by atoms with Crippen molar-refractivity contribution >= 4 is 34.2 Å². The van der Waals surface area contributed by atoms with Crippen LogP contribution in [0.2, 0.25) is 0 Å². The van der Waals surface area contributed by atoms with Crippen molar-refractivity contribution in [2.24, 2.45) is 4.99 Å². The predicted octanol–water partition coefficient (Wildman–Crippen LogP) is 3.78. The number of hydrogen-bond acceptors (Lipinski definition) is 5. The van der Waals surface area contributed by atoms with E-state index in [1.54, 1.807) is 0 Å². The molecule has 0 spiro atoms. The zero-order valence-corrected chi connectivity index (χ0v) is 16.2. The second kappa shape index (κ2) is 8.24. The van der Waals surface area contributed by atoms with E-state index >= 15 is 0 Å². The fraction of sp³-hybridized carbons (Fsp3) is 0.556. The van der Waals surface area contributed by atoms with Crippen molar-refractivity contribution in [2.45, 2.75) is 51.2 Å². The number of rotatable bonds is 4. The standard InChI is InChI=1S/C18H23FN4O3S/c1-12(24)22(16-10-14(23(25)26)8-9-15(16)19)17-11-27-18(21(17)2)20-13-6-4-3-5-7-13/h8-10,13,17H,3-7,11H2,1-2H3. The second-order valence-electron chi connectivity index (χ2n) is 6.89. The molecule has 146 valence electrons. The Bertz CT molecular complexity index is 767. The third-order valence-corrected chi connectivity index (χ3v) is 6.13. The van der Waals surface area contributed by atoms with E-state index < -0.39 is 16.9 Å². The van der Waals surface area contributed by atoms with Crippen LogP contribution < -0.4 is 4.90 Å². The molecule has 0 N–H and O–H groups in total.